The molecule has 1 amide bonds. The first-order chi connectivity index (χ1) is 9.63. The number of methoxy groups -OCH3 is 2. The highest BCUT2D eigenvalue weighted by Crippen LogP contribution is 2.28. The summed E-state index contributed by atoms with van der Waals surface area (Å²) in [5.41, 5.74) is 0.952. The van der Waals surface area contributed by atoms with Gasteiger partial charge in [-0.1, -0.05) is 22.0 Å². The number of piperidine rings is 1. The fourth-order valence-corrected chi connectivity index (χ4v) is 2.78. The summed E-state index contributed by atoms with van der Waals surface area (Å²) in [4.78, 5) is 14.8. The van der Waals surface area contributed by atoms with Crippen molar-refractivity contribution in [2.24, 2.45) is 0 Å². The smallest absolute Gasteiger partial charge is 0.226 e. The number of nitrogens with zero attached hydrogens (tertiary/aromatic N) is 1. The first-order valence-corrected chi connectivity index (χ1v) is 7.68. The maximum absolute atomic E-state index is 12.3. The van der Waals surface area contributed by atoms with Gasteiger partial charge in [-0.15, -0.1) is 0 Å². The Labute approximate surface area is 128 Å². The molecule has 1 aromatic rings. The first-order valence-electron chi connectivity index (χ1n) is 6.76. The van der Waals surface area contributed by atoms with Gasteiger partial charge in [-0.25, -0.2) is 0 Å². The van der Waals surface area contributed by atoms with Gasteiger partial charge < -0.3 is 14.4 Å². The SMILES string of the molecule is COc1ccc(CC(=O)N2CCC(Br)CC2)cc1OC. The van der Waals surface area contributed by atoms with Crippen LogP contribution < -0.4 is 9.47 Å². The van der Waals surface area contributed by atoms with Gasteiger partial charge in [-0.05, 0) is 30.5 Å². The molecular weight excluding hydrogens is 322 g/mol. The van der Waals surface area contributed by atoms with E-state index in [1.807, 2.05) is 23.1 Å². The minimum Gasteiger partial charge on any atom is -0.493 e. The number of hydrogen-bond acceptors (Lipinski definition) is 3. The Kier molecular flexibility index (Phi) is 5.29. The highest BCUT2D eigenvalue weighted by atomic mass is 79.9. The number of hydrogen-bond donors (Lipinski definition) is 0. The summed E-state index contributed by atoms with van der Waals surface area (Å²) >= 11 is 3.60. The molecule has 110 valence electrons. The van der Waals surface area contributed by atoms with Crippen molar-refractivity contribution in [3.8, 4) is 11.5 Å². The Hall–Kier alpha value is -1.23. The van der Waals surface area contributed by atoms with Crippen molar-refractivity contribution in [3.05, 3.63) is 23.8 Å². The Morgan fingerprint density at radius 1 is 1.25 bits per heavy atom. The van der Waals surface area contributed by atoms with Crippen LogP contribution in [0.3, 0.4) is 0 Å². The van der Waals surface area contributed by atoms with Crippen LogP contribution in [0.25, 0.3) is 0 Å². The molecule has 1 heterocycles. The fraction of sp³-hybridized carbons (Fsp3) is 0.533. The number of alkyl halides is 1. The third-order valence-corrected chi connectivity index (χ3v) is 4.50. The Balaban J connectivity index is 2.00. The number of benzene rings is 1. The molecule has 20 heavy (non-hydrogen) atoms. The van der Waals surface area contributed by atoms with E-state index in [1.165, 1.54) is 0 Å². The molecule has 2 rings (SSSR count). The normalized spacial score (nSPS) is 16.1. The highest BCUT2D eigenvalue weighted by molar-refractivity contribution is 9.09. The Morgan fingerprint density at radius 3 is 2.50 bits per heavy atom. The summed E-state index contributed by atoms with van der Waals surface area (Å²) in [5.74, 6) is 1.53. The summed E-state index contributed by atoms with van der Waals surface area (Å²) in [6.07, 6.45) is 2.46. The quantitative estimate of drug-likeness (QED) is 0.790. The Bertz CT molecular complexity index is 470. The van der Waals surface area contributed by atoms with Gasteiger partial charge in [0.2, 0.25) is 5.91 Å². The highest BCUT2D eigenvalue weighted by Gasteiger charge is 2.21. The van der Waals surface area contributed by atoms with Gasteiger partial charge in [0, 0.05) is 17.9 Å². The molecule has 0 saturated carbocycles. The molecule has 0 unspecified atom stereocenters. The van der Waals surface area contributed by atoms with Crippen LogP contribution >= 0.6 is 15.9 Å². The average Bonchev–Trinajstić information content (AvgIpc) is 2.47. The molecule has 1 aliphatic heterocycles. The van der Waals surface area contributed by atoms with Crippen LogP contribution in [0.4, 0.5) is 0 Å². The van der Waals surface area contributed by atoms with Crippen LogP contribution in [0.5, 0.6) is 11.5 Å². The number of carbonyl (C=O) groups is 1. The first kappa shape index (κ1) is 15.2. The molecule has 0 aromatic heterocycles. The van der Waals surface area contributed by atoms with Crippen molar-refractivity contribution in [2.75, 3.05) is 27.3 Å². The van der Waals surface area contributed by atoms with E-state index >= 15 is 0 Å². The van der Waals surface area contributed by atoms with Gasteiger partial charge in [0.25, 0.3) is 0 Å². The zero-order chi connectivity index (χ0) is 14.5. The van der Waals surface area contributed by atoms with E-state index in [9.17, 15) is 4.79 Å². The Morgan fingerprint density at radius 2 is 1.90 bits per heavy atom. The minimum atomic E-state index is 0.177. The molecule has 1 aliphatic rings. The molecule has 0 bridgehead atoms. The lowest BCUT2D eigenvalue weighted by Crippen LogP contribution is -2.39. The van der Waals surface area contributed by atoms with Gasteiger partial charge >= 0.3 is 0 Å². The molecule has 0 radical (unpaired) electrons. The lowest BCUT2D eigenvalue weighted by molar-refractivity contribution is -0.131. The van der Waals surface area contributed by atoms with E-state index < -0.39 is 0 Å². The van der Waals surface area contributed by atoms with Crippen molar-refractivity contribution >= 4 is 21.8 Å². The molecule has 4 nitrogen and oxygen atoms in total. The maximum Gasteiger partial charge on any atom is 0.226 e. The zero-order valence-electron chi connectivity index (χ0n) is 11.9. The second-order valence-corrected chi connectivity index (χ2v) is 6.22. The minimum absolute atomic E-state index is 0.177. The van der Waals surface area contributed by atoms with Crippen molar-refractivity contribution in [1.29, 1.82) is 0 Å². The second kappa shape index (κ2) is 6.97. The van der Waals surface area contributed by atoms with Gasteiger partial charge in [0.1, 0.15) is 0 Å². The number of amides is 1. The molecule has 5 heteroatoms. The van der Waals surface area contributed by atoms with Crippen LogP contribution in [-0.2, 0) is 11.2 Å². The summed E-state index contributed by atoms with van der Waals surface area (Å²) in [7, 11) is 3.21. The molecule has 1 fully saturated rings. The van der Waals surface area contributed by atoms with E-state index in [1.54, 1.807) is 14.2 Å². The van der Waals surface area contributed by atoms with E-state index in [0.717, 1.165) is 31.5 Å². The number of rotatable bonds is 4. The van der Waals surface area contributed by atoms with E-state index in [4.69, 9.17) is 9.47 Å². The van der Waals surface area contributed by atoms with Gasteiger partial charge in [-0.3, -0.25) is 4.79 Å². The summed E-state index contributed by atoms with van der Waals surface area (Å²) in [5, 5.41) is 0. The van der Waals surface area contributed by atoms with Crippen LogP contribution in [0.15, 0.2) is 18.2 Å². The standard InChI is InChI=1S/C15H20BrNO3/c1-19-13-4-3-11(9-14(13)20-2)10-15(18)17-7-5-12(16)6-8-17/h3-4,9,12H,5-8,10H2,1-2H3. The molecule has 1 aromatic carbocycles. The third kappa shape index (κ3) is 3.66. The maximum atomic E-state index is 12.3. The van der Waals surface area contributed by atoms with Crippen LogP contribution in [-0.4, -0.2) is 42.9 Å². The predicted octanol–water partition coefficient (Wildman–Crippen LogP) is 2.63. The van der Waals surface area contributed by atoms with Crippen LogP contribution in [0.1, 0.15) is 18.4 Å². The molecule has 0 N–H and O–H groups in total. The van der Waals surface area contributed by atoms with Crippen molar-refractivity contribution < 1.29 is 14.3 Å². The third-order valence-electron chi connectivity index (χ3n) is 3.58. The number of likely N-dealkylation sites (tertiary alicyclic amines) is 1. The van der Waals surface area contributed by atoms with Crippen molar-refractivity contribution in [3.63, 3.8) is 0 Å². The average molecular weight is 342 g/mol. The lowest BCUT2D eigenvalue weighted by atomic mass is 10.1. The molecule has 0 spiro atoms. The van der Waals surface area contributed by atoms with Gasteiger partial charge in [-0.2, -0.15) is 0 Å². The van der Waals surface area contributed by atoms with E-state index in [-0.39, 0.29) is 5.91 Å². The van der Waals surface area contributed by atoms with Gasteiger partial charge in [0.05, 0.1) is 20.6 Å². The number of halogens is 1. The molecule has 0 aliphatic carbocycles. The predicted molar refractivity (Wildman–Crippen MR) is 81.8 cm³/mol. The largest absolute Gasteiger partial charge is 0.493 e. The number of carbonyl (C=O) groups excluding carboxylic acids is 1. The van der Waals surface area contributed by atoms with E-state index in [2.05, 4.69) is 15.9 Å². The number of ether oxygens (including phenoxy) is 2. The van der Waals surface area contributed by atoms with Crippen molar-refractivity contribution in [2.45, 2.75) is 24.1 Å². The molecule has 0 atom stereocenters. The fourth-order valence-electron chi connectivity index (χ4n) is 2.37. The monoisotopic (exact) mass is 341 g/mol. The zero-order valence-corrected chi connectivity index (χ0v) is 13.5. The summed E-state index contributed by atoms with van der Waals surface area (Å²) in [6.45, 7) is 1.67. The topological polar surface area (TPSA) is 38.8 Å². The van der Waals surface area contributed by atoms with Crippen LogP contribution in [0.2, 0.25) is 0 Å². The van der Waals surface area contributed by atoms with Crippen molar-refractivity contribution in [1.82, 2.24) is 4.90 Å². The molecule has 1 saturated heterocycles. The summed E-state index contributed by atoms with van der Waals surface area (Å²) in [6, 6.07) is 5.62. The van der Waals surface area contributed by atoms with Gasteiger partial charge in [0.15, 0.2) is 11.5 Å². The second-order valence-electron chi connectivity index (χ2n) is 4.92. The molecular formula is C15H20BrNO3. The lowest BCUT2D eigenvalue weighted by Gasteiger charge is -2.29. The van der Waals surface area contributed by atoms with E-state index in [0.29, 0.717) is 22.7 Å². The summed E-state index contributed by atoms with van der Waals surface area (Å²) < 4.78 is 10.5. The van der Waals surface area contributed by atoms with Crippen LogP contribution in [0, 0.1) is 0 Å².